The van der Waals surface area contributed by atoms with Crippen LogP contribution in [0.4, 0.5) is 0 Å². The van der Waals surface area contributed by atoms with Gasteiger partial charge in [-0.2, -0.15) is 0 Å². The van der Waals surface area contributed by atoms with Gasteiger partial charge in [-0.1, -0.05) is 30.3 Å². The third-order valence-corrected chi connectivity index (χ3v) is 2.37. The van der Waals surface area contributed by atoms with Crippen molar-refractivity contribution < 1.29 is 10.2 Å². The molecule has 2 aromatic rings. The maximum absolute atomic E-state index is 9.40. The molecule has 0 aliphatic carbocycles. The van der Waals surface area contributed by atoms with E-state index in [1.54, 1.807) is 12.4 Å². The van der Waals surface area contributed by atoms with E-state index in [1.165, 1.54) is 0 Å². The Morgan fingerprint density at radius 1 is 1.25 bits per heavy atom. The molecular formula is C12H14N2O2. The maximum atomic E-state index is 9.40. The molecule has 0 bridgehead atoms. The highest BCUT2D eigenvalue weighted by molar-refractivity contribution is 5.55. The van der Waals surface area contributed by atoms with E-state index in [9.17, 15) is 5.11 Å². The first-order valence-corrected chi connectivity index (χ1v) is 5.16. The quantitative estimate of drug-likeness (QED) is 0.801. The largest absolute Gasteiger partial charge is 0.394 e. The minimum absolute atomic E-state index is 0.244. The zero-order chi connectivity index (χ0) is 11.4. The van der Waals surface area contributed by atoms with Crippen LogP contribution in [0.3, 0.4) is 0 Å². The summed E-state index contributed by atoms with van der Waals surface area (Å²) in [6, 6.07) is 9.75. The van der Waals surface area contributed by atoms with Crippen LogP contribution in [0, 0.1) is 0 Å². The SMILES string of the molecule is OCC(O)Cn1ccnc1-c1ccccc1. The van der Waals surface area contributed by atoms with Crippen LogP contribution in [0.15, 0.2) is 42.7 Å². The number of hydrogen-bond donors (Lipinski definition) is 2. The van der Waals surface area contributed by atoms with Gasteiger partial charge in [0.15, 0.2) is 0 Å². The molecule has 2 N–H and O–H groups in total. The Bertz CT molecular complexity index is 439. The van der Waals surface area contributed by atoms with E-state index in [4.69, 9.17) is 5.11 Å². The second-order valence-corrected chi connectivity index (χ2v) is 3.61. The van der Waals surface area contributed by atoms with Gasteiger partial charge in [-0.25, -0.2) is 4.98 Å². The average molecular weight is 218 g/mol. The van der Waals surface area contributed by atoms with Crippen molar-refractivity contribution >= 4 is 0 Å². The Labute approximate surface area is 93.8 Å². The van der Waals surface area contributed by atoms with Gasteiger partial charge in [0.05, 0.1) is 19.3 Å². The normalized spacial score (nSPS) is 12.6. The lowest BCUT2D eigenvalue weighted by molar-refractivity contribution is 0.0816. The first-order valence-electron chi connectivity index (χ1n) is 5.16. The molecule has 4 heteroatoms. The Balaban J connectivity index is 2.26. The van der Waals surface area contributed by atoms with Gasteiger partial charge in [-0.05, 0) is 0 Å². The van der Waals surface area contributed by atoms with E-state index in [0.29, 0.717) is 6.54 Å². The Hall–Kier alpha value is -1.65. The highest BCUT2D eigenvalue weighted by atomic mass is 16.3. The van der Waals surface area contributed by atoms with Crippen molar-refractivity contribution in [2.24, 2.45) is 0 Å². The van der Waals surface area contributed by atoms with E-state index in [2.05, 4.69) is 4.98 Å². The van der Waals surface area contributed by atoms with Crippen LogP contribution in [-0.4, -0.2) is 32.5 Å². The van der Waals surface area contributed by atoms with Crippen molar-refractivity contribution in [2.45, 2.75) is 12.6 Å². The average Bonchev–Trinajstić information content (AvgIpc) is 2.78. The Morgan fingerprint density at radius 3 is 2.69 bits per heavy atom. The third kappa shape index (κ3) is 2.29. The number of rotatable bonds is 4. The fourth-order valence-corrected chi connectivity index (χ4v) is 1.59. The van der Waals surface area contributed by atoms with Crippen molar-refractivity contribution in [3.8, 4) is 11.4 Å². The van der Waals surface area contributed by atoms with Crippen LogP contribution in [0.5, 0.6) is 0 Å². The number of imidazole rings is 1. The lowest BCUT2D eigenvalue weighted by atomic mass is 10.2. The molecule has 1 aromatic heterocycles. The minimum Gasteiger partial charge on any atom is -0.394 e. The lowest BCUT2D eigenvalue weighted by Crippen LogP contribution is -2.19. The molecule has 0 fully saturated rings. The van der Waals surface area contributed by atoms with E-state index < -0.39 is 6.10 Å². The summed E-state index contributed by atoms with van der Waals surface area (Å²) in [6.45, 7) is 0.104. The predicted octanol–water partition coefficient (Wildman–Crippen LogP) is 0.903. The summed E-state index contributed by atoms with van der Waals surface area (Å²) in [7, 11) is 0. The fourth-order valence-electron chi connectivity index (χ4n) is 1.59. The van der Waals surface area contributed by atoms with E-state index in [0.717, 1.165) is 11.4 Å². The summed E-state index contributed by atoms with van der Waals surface area (Å²) in [5.41, 5.74) is 0.998. The second kappa shape index (κ2) is 4.92. The predicted molar refractivity (Wildman–Crippen MR) is 60.8 cm³/mol. The van der Waals surface area contributed by atoms with Crippen molar-refractivity contribution in [2.75, 3.05) is 6.61 Å². The van der Waals surface area contributed by atoms with Gasteiger partial charge in [-0.15, -0.1) is 0 Å². The molecule has 4 nitrogen and oxygen atoms in total. The summed E-state index contributed by atoms with van der Waals surface area (Å²) in [6.07, 6.45) is 2.73. The number of aromatic nitrogens is 2. The molecular weight excluding hydrogens is 204 g/mol. The van der Waals surface area contributed by atoms with Gasteiger partial charge in [0.2, 0.25) is 0 Å². The summed E-state index contributed by atoms with van der Waals surface area (Å²) in [5.74, 6) is 0.799. The molecule has 0 saturated carbocycles. The topological polar surface area (TPSA) is 58.3 Å². The van der Waals surface area contributed by atoms with Crippen LogP contribution >= 0.6 is 0 Å². The third-order valence-electron chi connectivity index (χ3n) is 2.37. The van der Waals surface area contributed by atoms with Crippen LogP contribution in [0.2, 0.25) is 0 Å². The highest BCUT2D eigenvalue weighted by Crippen LogP contribution is 2.16. The number of hydrogen-bond acceptors (Lipinski definition) is 3. The van der Waals surface area contributed by atoms with Crippen LogP contribution < -0.4 is 0 Å². The molecule has 1 aromatic carbocycles. The molecule has 0 amide bonds. The van der Waals surface area contributed by atoms with E-state index in [-0.39, 0.29) is 6.61 Å². The Kier molecular flexibility index (Phi) is 3.34. The molecule has 16 heavy (non-hydrogen) atoms. The van der Waals surface area contributed by atoms with Crippen molar-refractivity contribution in [1.82, 2.24) is 9.55 Å². The number of benzene rings is 1. The maximum Gasteiger partial charge on any atom is 0.139 e. The zero-order valence-corrected chi connectivity index (χ0v) is 8.82. The fraction of sp³-hybridized carbons (Fsp3) is 0.250. The van der Waals surface area contributed by atoms with Gasteiger partial charge < -0.3 is 14.8 Å². The van der Waals surface area contributed by atoms with Crippen LogP contribution in [-0.2, 0) is 6.54 Å². The van der Waals surface area contributed by atoms with Gasteiger partial charge in [-0.3, -0.25) is 0 Å². The molecule has 1 unspecified atom stereocenters. The highest BCUT2D eigenvalue weighted by Gasteiger charge is 2.08. The van der Waals surface area contributed by atoms with Crippen LogP contribution in [0.1, 0.15) is 0 Å². The molecule has 0 spiro atoms. The summed E-state index contributed by atoms with van der Waals surface area (Å²) < 4.78 is 1.83. The number of aliphatic hydroxyl groups excluding tert-OH is 2. The lowest BCUT2D eigenvalue weighted by Gasteiger charge is -2.11. The molecule has 0 radical (unpaired) electrons. The summed E-state index contributed by atoms with van der Waals surface area (Å²) in [5, 5.41) is 18.2. The molecule has 1 heterocycles. The van der Waals surface area contributed by atoms with E-state index >= 15 is 0 Å². The first kappa shape index (κ1) is 10.9. The Morgan fingerprint density at radius 2 is 2.00 bits per heavy atom. The second-order valence-electron chi connectivity index (χ2n) is 3.61. The smallest absolute Gasteiger partial charge is 0.139 e. The molecule has 0 saturated heterocycles. The minimum atomic E-state index is -0.753. The van der Waals surface area contributed by atoms with Crippen molar-refractivity contribution in [3.63, 3.8) is 0 Å². The summed E-state index contributed by atoms with van der Waals surface area (Å²) in [4.78, 5) is 4.24. The number of aliphatic hydroxyl groups is 2. The molecule has 2 rings (SSSR count). The van der Waals surface area contributed by atoms with Crippen LogP contribution in [0.25, 0.3) is 11.4 Å². The molecule has 1 atom stereocenters. The monoisotopic (exact) mass is 218 g/mol. The van der Waals surface area contributed by atoms with Crippen molar-refractivity contribution in [1.29, 1.82) is 0 Å². The molecule has 84 valence electrons. The number of nitrogens with zero attached hydrogens (tertiary/aromatic N) is 2. The van der Waals surface area contributed by atoms with Gasteiger partial charge in [0.1, 0.15) is 5.82 Å². The molecule has 0 aliphatic rings. The van der Waals surface area contributed by atoms with E-state index in [1.807, 2.05) is 34.9 Å². The van der Waals surface area contributed by atoms with Gasteiger partial charge in [0, 0.05) is 18.0 Å². The van der Waals surface area contributed by atoms with Gasteiger partial charge in [0.25, 0.3) is 0 Å². The zero-order valence-electron chi connectivity index (χ0n) is 8.82. The van der Waals surface area contributed by atoms with Gasteiger partial charge >= 0.3 is 0 Å². The first-order chi connectivity index (χ1) is 7.81. The van der Waals surface area contributed by atoms with Crippen molar-refractivity contribution in [3.05, 3.63) is 42.7 Å². The summed E-state index contributed by atoms with van der Waals surface area (Å²) >= 11 is 0. The molecule has 0 aliphatic heterocycles. The standard InChI is InChI=1S/C12H14N2O2/c15-9-11(16)8-14-7-6-13-12(14)10-4-2-1-3-5-10/h1-7,11,15-16H,8-9H2.